The van der Waals surface area contributed by atoms with Crippen molar-refractivity contribution < 1.29 is 14.3 Å². The number of aryl methyl sites for hydroxylation is 1. The summed E-state index contributed by atoms with van der Waals surface area (Å²) in [6.07, 6.45) is 4.55. The lowest BCUT2D eigenvalue weighted by molar-refractivity contribution is -0.140. The Morgan fingerprint density at radius 2 is 2.15 bits per heavy atom. The molecule has 0 fully saturated rings. The number of hydrogen-bond acceptors (Lipinski definition) is 3. The molecule has 0 saturated carbocycles. The normalized spacial score (nSPS) is 10.7. The Morgan fingerprint density at radius 1 is 1.30 bits per heavy atom. The van der Waals surface area contributed by atoms with E-state index in [-0.39, 0.29) is 5.97 Å². The molecule has 0 atom stereocenters. The lowest BCUT2D eigenvalue weighted by Gasteiger charge is -2.08. The molecule has 108 valence electrons. The molecule has 0 aliphatic carbocycles. The molecule has 0 saturated heterocycles. The van der Waals surface area contributed by atoms with Gasteiger partial charge in [0.2, 0.25) is 0 Å². The number of aromatic nitrogens is 1. The topological polar surface area (TPSA) is 40.5 Å². The minimum Gasteiger partial charge on any atom is -0.494 e. The van der Waals surface area contributed by atoms with Crippen LogP contribution in [0.5, 0.6) is 5.75 Å². The molecule has 20 heavy (non-hydrogen) atoms. The second-order valence-electron chi connectivity index (χ2n) is 4.76. The van der Waals surface area contributed by atoms with E-state index < -0.39 is 0 Å². The van der Waals surface area contributed by atoms with Crippen LogP contribution in [0.25, 0.3) is 10.9 Å². The fraction of sp³-hybridized carbons (Fsp3) is 0.438. The van der Waals surface area contributed by atoms with Gasteiger partial charge in [-0.05, 0) is 30.0 Å². The zero-order valence-corrected chi connectivity index (χ0v) is 12.1. The van der Waals surface area contributed by atoms with Gasteiger partial charge in [0.05, 0.1) is 25.7 Å². The third-order valence-corrected chi connectivity index (χ3v) is 3.30. The lowest BCUT2D eigenvalue weighted by Crippen LogP contribution is -2.06. The molecule has 4 nitrogen and oxygen atoms in total. The zero-order valence-electron chi connectivity index (χ0n) is 12.1. The van der Waals surface area contributed by atoms with E-state index in [1.807, 2.05) is 30.5 Å². The number of carbonyl (C=O) groups excluding carboxylic acids is 1. The molecule has 0 amide bonds. The highest BCUT2D eigenvalue weighted by Crippen LogP contribution is 2.22. The summed E-state index contributed by atoms with van der Waals surface area (Å²) in [6, 6.07) is 8.11. The highest BCUT2D eigenvalue weighted by atomic mass is 16.5. The molecule has 4 heteroatoms. The van der Waals surface area contributed by atoms with Gasteiger partial charge in [-0.1, -0.05) is 13.3 Å². The van der Waals surface area contributed by atoms with Gasteiger partial charge in [0, 0.05) is 18.8 Å². The molecule has 0 aliphatic heterocycles. The number of hydrogen-bond donors (Lipinski definition) is 0. The molecule has 1 aromatic heterocycles. The standard InChI is InChI=1S/C16H21NO3/c1-3-4-11-20-14-6-5-13-7-9-17(15(13)12-14)10-8-16(18)19-2/h5-7,9,12H,3-4,8,10-11H2,1-2H3. The van der Waals surface area contributed by atoms with Gasteiger partial charge in [-0.25, -0.2) is 0 Å². The van der Waals surface area contributed by atoms with Crippen molar-refractivity contribution in [2.45, 2.75) is 32.7 Å². The summed E-state index contributed by atoms with van der Waals surface area (Å²) in [5, 5.41) is 1.15. The molecule has 0 unspecified atom stereocenters. The summed E-state index contributed by atoms with van der Waals surface area (Å²) in [5.74, 6) is 0.686. The van der Waals surface area contributed by atoms with Crippen molar-refractivity contribution in [3.05, 3.63) is 30.5 Å². The smallest absolute Gasteiger partial charge is 0.307 e. The highest BCUT2D eigenvalue weighted by molar-refractivity contribution is 5.81. The molecule has 0 bridgehead atoms. The SMILES string of the molecule is CCCCOc1ccc2ccn(CCC(=O)OC)c2c1. The Hall–Kier alpha value is -1.97. The van der Waals surface area contributed by atoms with Crippen molar-refractivity contribution in [2.75, 3.05) is 13.7 Å². The first-order valence-electron chi connectivity index (χ1n) is 7.03. The lowest BCUT2D eigenvalue weighted by atomic mass is 10.2. The Bertz CT molecular complexity index is 574. The number of esters is 1. The van der Waals surface area contributed by atoms with Crippen molar-refractivity contribution in [3.63, 3.8) is 0 Å². The number of rotatable bonds is 7. The monoisotopic (exact) mass is 275 g/mol. The maximum atomic E-state index is 11.2. The second kappa shape index (κ2) is 6.98. The van der Waals surface area contributed by atoms with Crippen molar-refractivity contribution in [1.82, 2.24) is 4.57 Å². The van der Waals surface area contributed by atoms with Gasteiger partial charge in [-0.3, -0.25) is 4.79 Å². The fourth-order valence-electron chi connectivity index (χ4n) is 2.10. The molecular formula is C16H21NO3. The van der Waals surface area contributed by atoms with Gasteiger partial charge in [0.1, 0.15) is 5.75 Å². The third kappa shape index (κ3) is 3.53. The number of carbonyl (C=O) groups is 1. The summed E-state index contributed by atoms with van der Waals surface area (Å²) in [5.41, 5.74) is 1.09. The van der Waals surface area contributed by atoms with Crippen LogP contribution in [-0.4, -0.2) is 24.3 Å². The van der Waals surface area contributed by atoms with Gasteiger partial charge in [-0.2, -0.15) is 0 Å². The van der Waals surface area contributed by atoms with Crippen LogP contribution in [0.2, 0.25) is 0 Å². The van der Waals surface area contributed by atoms with Gasteiger partial charge in [0.15, 0.2) is 0 Å². The Kier molecular flexibility index (Phi) is 5.04. The van der Waals surface area contributed by atoms with Crippen LogP contribution >= 0.6 is 0 Å². The predicted octanol–water partition coefficient (Wildman–Crippen LogP) is 3.38. The first-order valence-corrected chi connectivity index (χ1v) is 7.03. The van der Waals surface area contributed by atoms with E-state index in [0.29, 0.717) is 13.0 Å². The minimum atomic E-state index is -0.192. The van der Waals surface area contributed by atoms with Crippen molar-refractivity contribution >= 4 is 16.9 Å². The minimum absolute atomic E-state index is 0.192. The fourth-order valence-corrected chi connectivity index (χ4v) is 2.10. The summed E-state index contributed by atoms with van der Waals surface area (Å²) in [4.78, 5) is 11.2. The van der Waals surface area contributed by atoms with Crippen molar-refractivity contribution in [3.8, 4) is 5.75 Å². The highest BCUT2D eigenvalue weighted by Gasteiger charge is 2.06. The van der Waals surface area contributed by atoms with E-state index in [9.17, 15) is 4.79 Å². The molecule has 0 aliphatic rings. The largest absolute Gasteiger partial charge is 0.494 e. The Balaban J connectivity index is 2.10. The number of nitrogens with zero attached hydrogens (tertiary/aromatic N) is 1. The number of benzene rings is 1. The van der Waals surface area contributed by atoms with E-state index in [0.717, 1.165) is 36.1 Å². The van der Waals surface area contributed by atoms with Gasteiger partial charge < -0.3 is 14.0 Å². The summed E-state index contributed by atoms with van der Waals surface area (Å²) < 4.78 is 12.4. The maximum absolute atomic E-state index is 11.2. The van der Waals surface area contributed by atoms with E-state index in [2.05, 4.69) is 16.2 Å². The molecule has 0 N–H and O–H groups in total. The number of ether oxygens (including phenoxy) is 2. The molecular weight excluding hydrogens is 254 g/mol. The average molecular weight is 275 g/mol. The number of methoxy groups -OCH3 is 1. The van der Waals surface area contributed by atoms with Crippen LogP contribution in [0.15, 0.2) is 30.5 Å². The second-order valence-corrected chi connectivity index (χ2v) is 4.76. The summed E-state index contributed by atoms with van der Waals surface area (Å²) >= 11 is 0. The van der Waals surface area contributed by atoms with Crippen LogP contribution < -0.4 is 4.74 Å². The molecule has 0 radical (unpaired) electrons. The summed E-state index contributed by atoms with van der Waals surface area (Å²) in [7, 11) is 1.41. The summed E-state index contributed by atoms with van der Waals surface area (Å²) in [6.45, 7) is 3.50. The van der Waals surface area contributed by atoms with Gasteiger partial charge in [0.25, 0.3) is 0 Å². The molecule has 1 aromatic carbocycles. The first-order chi connectivity index (χ1) is 9.74. The first kappa shape index (κ1) is 14.4. The maximum Gasteiger partial charge on any atom is 0.307 e. The van der Waals surface area contributed by atoms with Gasteiger partial charge >= 0.3 is 5.97 Å². The number of unbranched alkanes of at least 4 members (excludes halogenated alkanes) is 1. The van der Waals surface area contributed by atoms with Crippen LogP contribution in [0.4, 0.5) is 0 Å². The van der Waals surface area contributed by atoms with Crippen LogP contribution in [0.1, 0.15) is 26.2 Å². The Morgan fingerprint density at radius 3 is 2.90 bits per heavy atom. The molecule has 2 aromatic rings. The average Bonchev–Trinajstić information content (AvgIpc) is 2.87. The van der Waals surface area contributed by atoms with E-state index in [4.69, 9.17) is 4.74 Å². The van der Waals surface area contributed by atoms with E-state index in [1.165, 1.54) is 7.11 Å². The third-order valence-electron chi connectivity index (χ3n) is 3.30. The molecule has 1 heterocycles. The molecule has 0 spiro atoms. The zero-order chi connectivity index (χ0) is 14.4. The van der Waals surface area contributed by atoms with Crippen LogP contribution in [0.3, 0.4) is 0 Å². The quantitative estimate of drug-likeness (QED) is 0.574. The van der Waals surface area contributed by atoms with Crippen molar-refractivity contribution in [2.24, 2.45) is 0 Å². The molecule has 2 rings (SSSR count). The predicted molar refractivity (Wildman–Crippen MR) is 79.0 cm³/mol. The van der Waals surface area contributed by atoms with Crippen molar-refractivity contribution in [1.29, 1.82) is 0 Å². The van der Waals surface area contributed by atoms with Gasteiger partial charge in [-0.15, -0.1) is 0 Å². The van der Waals surface area contributed by atoms with E-state index >= 15 is 0 Å². The van der Waals surface area contributed by atoms with Crippen LogP contribution in [0, 0.1) is 0 Å². The van der Waals surface area contributed by atoms with Crippen LogP contribution in [-0.2, 0) is 16.1 Å². The van der Waals surface area contributed by atoms with E-state index in [1.54, 1.807) is 0 Å². The number of fused-ring (bicyclic) bond motifs is 1. The Labute approximate surface area is 119 Å².